The van der Waals surface area contributed by atoms with E-state index >= 15 is 0 Å². The Morgan fingerprint density at radius 3 is 2.39 bits per heavy atom. The highest BCUT2D eigenvalue weighted by molar-refractivity contribution is 6.00. The van der Waals surface area contributed by atoms with Gasteiger partial charge in [0.05, 0.1) is 0 Å². The normalized spacial score (nSPS) is 10.4. The Hall–Kier alpha value is -2.16. The highest BCUT2D eigenvalue weighted by Crippen LogP contribution is 2.17. The van der Waals surface area contributed by atoms with Gasteiger partial charge in [0.15, 0.2) is 5.78 Å². The smallest absolute Gasteiger partial charge is 0.303 e. The van der Waals surface area contributed by atoms with E-state index in [0.29, 0.717) is 12.0 Å². The lowest BCUT2D eigenvalue weighted by Crippen LogP contribution is -2.01. The average molecular weight is 242 g/mol. The Labute approximate surface area is 105 Å². The fourth-order valence-electron chi connectivity index (χ4n) is 1.91. The number of carboxylic acid groups (broad SMARTS) is 1. The lowest BCUT2D eigenvalue weighted by molar-refractivity contribution is -0.137. The maximum absolute atomic E-state index is 11.9. The number of Topliss-reactive ketones (excluding diaryl/α,β-unsaturated/α-hetero) is 1. The zero-order chi connectivity index (χ0) is 13.0. The number of ketones is 1. The second kappa shape index (κ2) is 5.45. The molecule has 1 N–H and O–H groups in total. The monoisotopic (exact) mass is 242 g/mol. The minimum Gasteiger partial charge on any atom is -0.481 e. The molecular weight excluding hydrogens is 228 g/mol. The number of carboxylic acids is 1. The van der Waals surface area contributed by atoms with Gasteiger partial charge in [-0.15, -0.1) is 0 Å². The van der Waals surface area contributed by atoms with Gasteiger partial charge in [0, 0.05) is 18.4 Å². The summed E-state index contributed by atoms with van der Waals surface area (Å²) in [6.07, 6.45) is 0.713. The maximum Gasteiger partial charge on any atom is 0.303 e. The fraction of sp³-hybridized carbons (Fsp3) is 0.200. The first-order valence-corrected chi connectivity index (χ1v) is 5.90. The molecular formula is C15H14O3. The summed E-state index contributed by atoms with van der Waals surface area (Å²) in [7, 11) is 0. The summed E-state index contributed by atoms with van der Waals surface area (Å²) in [4.78, 5) is 22.3. The molecule has 2 rings (SSSR count). The van der Waals surface area contributed by atoms with Crippen molar-refractivity contribution in [1.82, 2.24) is 0 Å². The summed E-state index contributed by atoms with van der Waals surface area (Å²) in [5.74, 6) is -0.858. The molecule has 0 fully saturated rings. The summed E-state index contributed by atoms with van der Waals surface area (Å²) < 4.78 is 0. The molecule has 0 saturated heterocycles. The standard InChI is InChI=1S/C15H14O3/c16-14(6-3-7-15(17)18)13-9-8-11-4-1-2-5-12(11)10-13/h1-2,4-5,8-10H,3,6-7H2,(H,17,18). The van der Waals surface area contributed by atoms with Gasteiger partial charge >= 0.3 is 5.97 Å². The predicted molar refractivity (Wildman–Crippen MR) is 69.8 cm³/mol. The zero-order valence-corrected chi connectivity index (χ0v) is 9.93. The molecule has 0 bridgehead atoms. The minimum absolute atomic E-state index is 0.00185. The van der Waals surface area contributed by atoms with Crippen LogP contribution in [-0.4, -0.2) is 16.9 Å². The molecule has 2 aromatic carbocycles. The van der Waals surface area contributed by atoms with Crippen LogP contribution in [0.25, 0.3) is 10.8 Å². The Kier molecular flexibility index (Phi) is 3.72. The number of carbonyl (C=O) groups is 2. The first-order valence-electron chi connectivity index (χ1n) is 5.90. The number of carbonyl (C=O) groups excluding carboxylic acids is 1. The average Bonchev–Trinajstić information content (AvgIpc) is 2.37. The molecule has 3 nitrogen and oxygen atoms in total. The number of fused-ring (bicyclic) bond motifs is 1. The van der Waals surface area contributed by atoms with Gasteiger partial charge in [-0.1, -0.05) is 36.4 Å². The highest BCUT2D eigenvalue weighted by atomic mass is 16.4. The molecule has 0 heterocycles. The molecule has 2 aromatic rings. The van der Waals surface area contributed by atoms with Crippen LogP contribution in [0.4, 0.5) is 0 Å². The van der Waals surface area contributed by atoms with Crippen LogP contribution < -0.4 is 0 Å². The Balaban J connectivity index is 2.10. The third-order valence-corrected chi connectivity index (χ3v) is 2.87. The van der Waals surface area contributed by atoms with Gasteiger partial charge in [-0.3, -0.25) is 9.59 Å². The van der Waals surface area contributed by atoms with E-state index in [9.17, 15) is 9.59 Å². The van der Waals surface area contributed by atoms with Crippen molar-refractivity contribution in [3.8, 4) is 0 Å². The molecule has 0 radical (unpaired) electrons. The number of rotatable bonds is 5. The minimum atomic E-state index is -0.860. The molecule has 92 valence electrons. The van der Waals surface area contributed by atoms with Crippen molar-refractivity contribution in [1.29, 1.82) is 0 Å². The van der Waals surface area contributed by atoms with Crippen LogP contribution in [0.5, 0.6) is 0 Å². The fourth-order valence-corrected chi connectivity index (χ4v) is 1.91. The van der Waals surface area contributed by atoms with Gasteiger partial charge in [-0.2, -0.15) is 0 Å². The van der Waals surface area contributed by atoms with Gasteiger partial charge in [0.25, 0.3) is 0 Å². The van der Waals surface area contributed by atoms with Crippen molar-refractivity contribution in [3.05, 3.63) is 48.0 Å². The van der Waals surface area contributed by atoms with Crippen LogP contribution >= 0.6 is 0 Å². The van der Waals surface area contributed by atoms with Crippen LogP contribution in [0.3, 0.4) is 0 Å². The molecule has 0 aliphatic rings. The van der Waals surface area contributed by atoms with Gasteiger partial charge < -0.3 is 5.11 Å². The van der Waals surface area contributed by atoms with E-state index < -0.39 is 5.97 Å². The molecule has 0 saturated carbocycles. The third-order valence-electron chi connectivity index (χ3n) is 2.87. The molecule has 18 heavy (non-hydrogen) atoms. The Bertz CT molecular complexity index is 587. The summed E-state index contributed by atoms with van der Waals surface area (Å²) >= 11 is 0. The number of aliphatic carboxylic acids is 1. The lowest BCUT2D eigenvalue weighted by Gasteiger charge is -2.02. The van der Waals surface area contributed by atoms with Crippen molar-refractivity contribution in [2.75, 3.05) is 0 Å². The molecule has 0 aromatic heterocycles. The number of benzene rings is 2. The predicted octanol–water partition coefficient (Wildman–Crippen LogP) is 3.28. The van der Waals surface area contributed by atoms with E-state index in [1.807, 2.05) is 36.4 Å². The van der Waals surface area contributed by atoms with E-state index in [1.165, 1.54) is 0 Å². The first kappa shape index (κ1) is 12.3. The zero-order valence-electron chi connectivity index (χ0n) is 9.93. The van der Waals surface area contributed by atoms with Crippen molar-refractivity contribution in [2.45, 2.75) is 19.3 Å². The molecule has 0 atom stereocenters. The SMILES string of the molecule is O=C(O)CCCC(=O)c1ccc2ccccc2c1. The van der Waals surface area contributed by atoms with E-state index in [0.717, 1.165) is 10.8 Å². The van der Waals surface area contributed by atoms with Gasteiger partial charge in [0.2, 0.25) is 0 Å². The maximum atomic E-state index is 11.9. The summed E-state index contributed by atoms with van der Waals surface area (Å²) in [6.45, 7) is 0. The molecule has 0 spiro atoms. The van der Waals surface area contributed by atoms with Gasteiger partial charge in [0.1, 0.15) is 0 Å². The van der Waals surface area contributed by atoms with Crippen LogP contribution in [0.1, 0.15) is 29.6 Å². The summed E-state index contributed by atoms with van der Waals surface area (Å²) in [5.41, 5.74) is 0.652. The van der Waals surface area contributed by atoms with Crippen molar-refractivity contribution >= 4 is 22.5 Å². The summed E-state index contributed by atoms with van der Waals surface area (Å²) in [6, 6.07) is 13.4. The van der Waals surface area contributed by atoms with Crippen LogP contribution in [-0.2, 0) is 4.79 Å². The molecule has 0 aliphatic heterocycles. The first-order chi connectivity index (χ1) is 8.66. The van der Waals surface area contributed by atoms with Gasteiger partial charge in [-0.25, -0.2) is 0 Å². The highest BCUT2D eigenvalue weighted by Gasteiger charge is 2.07. The Morgan fingerprint density at radius 2 is 1.67 bits per heavy atom. The number of hydrogen-bond donors (Lipinski definition) is 1. The second-order valence-corrected chi connectivity index (χ2v) is 4.23. The molecule has 0 unspecified atom stereocenters. The molecule has 0 amide bonds. The third kappa shape index (κ3) is 2.94. The quantitative estimate of drug-likeness (QED) is 0.818. The second-order valence-electron chi connectivity index (χ2n) is 4.23. The number of hydrogen-bond acceptors (Lipinski definition) is 2. The Morgan fingerprint density at radius 1 is 0.944 bits per heavy atom. The molecule has 0 aliphatic carbocycles. The van der Waals surface area contributed by atoms with Crippen molar-refractivity contribution in [3.63, 3.8) is 0 Å². The van der Waals surface area contributed by atoms with E-state index in [1.54, 1.807) is 6.07 Å². The van der Waals surface area contributed by atoms with E-state index in [4.69, 9.17) is 5.11 Å². The van der Waals surface area contributed by atoms with Crippen molar-refractivity contribution < 1.29 is 14.7 Å². The van der Waals surface area contributed by atoms with Gasteiger partial charge in [-0.05, 0) is 23.3 Å². The van der Waals surface area contributed by atoms with Crippen molar-refractivity contribution in [2.24, 2.45) is 0 Å². The van der Waals surface area contributed by atoms with Crippen LogP contribution in [0.2, 0.25) is 0 Å². The van der Waals surface area contributed by atoms with E-state index in [-0.39, 0.29) is 18.6 Å². The molecule has 3 heteroatoms. The van der Waals surface area contributed by atoms with E-state index in [2.05, 4.69) is 0 Å². The topological polar surface area (TPSA) is 54.4 Å². The van der Waals surface area contributed by atoms with Crippen LogP contribution in [0.15, 0.2) is 42.5 Å². The largest absolute Gasteiger partial charge is 0.481 e. The van der Waals surface area contributed by atoms with Crippen LogP contribution in [0, 0.1) is 0 Å². The summed E-state index contributed by atoms with van der Waals surface area (Å²) in [5, 5.41) is 10.7. The lowest BCUT2D eigenvalue weighted by atomic mass is 10.0.